The third-order valence-electron chi connectivity index (χ3n) is 3.71. The molecule has 1 aromatic rings. The molecule has 1 aliphatic carbocycles. The molecule has 0 aliphatic heterocycles. The molecule has 1 fully saturated rings. The largest absolute Gasteiger partial charge is 0.478 e. The smallest absolute Gasteiger partial charge is 0.339 e. The number of aromatic nitrogens is 1. The minimum Gasteiger partial charge on any atom is -0.478 e. The molecule has 98 valence electrons. The number of nitrogens with two attached hydrogens (primary N) is 1. The van der Waals surface area contributed by atoms with Gasteiger partial charge in [-0.25, -0.2) is 9.78 Å². The quantitative estimate of drug-likeness (QED) is 0.765. The van der Waals surface area contributed by atoms with Gasteiger partial charge in [0, 0.05) is 6.04 Å². The number of aromatic carboxylic acids is 1. The Labute approximate surface area is 106 Å². The van der Waals surface area contributed by atoms with Gasteiger partial charge in [-0.3, -0.25) is 0 Å². The average Bonchev–Trinajstić information content (AvgIpc) is 2.60. The fraction of sp³-hybridized carbons (Fsp3) is 0.538. The van der Waals surface area contributed by atoms with E-state index in [4.69, 9.17) is 10.8 Å². The molecular formula is C13H19N3O2. The molecule has 5 heteroatoms. The predicted octanol–water partition coefficient (Wildman–Crippen LogP) is 2.35. The highest BCUT2D eigenvalue weighted by Crippen LogP contribution is 2.39. The first-order valence-electron chi connectivity index (χ1n) is 6.15. The Hall–Kier alpha value is -1.78. The Bertz CT molecular complexity index is 471. The van der Waals surface area contributed by atoms with Gasteiger partial charge in [0.1, 0.15) is 11.4 Å². The van der Waals surface area contributed by atoms with Gasteiger partial charge >= 0.3 is 5.97 Å². The first-order chi connectivity index (χ1) is 8.40. The zero-order valence-corrected chi connectivity index (χ0v) is 10.7. The SMILES string of the molecule is CC1(C)CCCC1Nc1ncc(N)cc1C(=O)O. The number of carbonyl (C=O) groups is 1. The van der Waals surface area contributed by atoms with Crippen molar-refractivity contribution in [2.24, 2.45) is 5.41 Å². The lowest BCUT2D eigenvalue weighted by atomic mass is 9.87. The highest BCUT2D eigenvalue weighted by atomic mass is 16.4. The minimum absolute atomic E-state index is 0.137. The second kappa shape index (κ2) is 4.48. The number of nitrogen functional groups attached to an aromatic ring is 1. The summed E-state index contributed by atoms with van der Waals surface area (Å²) in [6.07, 6.45) is 4.82. The number of pyridine rings is 1. The third-order valence-corrected chi connectivity index (χ3v) is 3.71. The van der Waals surface area contributed by atoms with Gasteiger partial charge in [0.05, 0.1) is 11.9 Å². The van der Waals surface area contributed by atoms with E-state index in [0.717, 1.165) is 19.3 Å². The van der Waals surface area contributed by atoms with Crippen molar-refractivity contribution in [3.8, 4) is 0 Å². The van der Waals surface area contributed by atoms with Crippen LogP contribution in [-0.4, -0.2) is 22.1 Å². The van der Waals surface area contributed by atoms with E-state index >= 15 is 0 Å². The van der Waals surface area contributed by atoms with Crippen molar-refractivity contribution in [3.05, 3.63) is 17.8 Å². The summed E-state index contributed by atoms with van der Waals surface area (Å²) < 4.78 is 0. The zero-order valence-electron chi connectivity index (χ0n) is 10.7. The van der Waals surface area contributed by atoms with Crippen molar-refractivity contribution in [1.29, 1.82) is 0 Å². The van der Waals surface area contributed by atoms with E-state index in [1.54, 1.807) is 0 Å². The van der Waals surface area contributed by atoms with Gasteiger partial charge < -0.3 is 16.2 Å². The molecule has 0 saturated heterocycles. The van der Waals surface area contributed by atoms with Gasteiger partial charge in [-0.2, -0.15) is 0 Å². The summed E-state index contributed by atoms with van der Waals surface area (Å²) in [5, 5.41) is 12.4. The van der Waals surface area contributed by atoms with Gasteiger partial charge in [0.15, 0.2) is 0 Å². The predicted molar refractivity (Wildman–Crippen MR) is 70.7 cm³/mol. The number of rotatable bonds is 3. The molecule has 0 spiro atoms. The van der Waals surface area contributed by atoms with Crippen molar-refractivity contribution >= 4 is 17.5 Å². The van der Waals surface area contributed by atoms with Crippen molar-refractivity contribution in [3.63, 3.8) is 0 Å². The number of hydrogen-bond acceptors (Lipinski definition) is 4. The van der Waals surface area contributed by atoms with Gasteiger partial charge in [-0.05, 0) is 24.3 Å². The van der Waals surface area contributed by atoms with E-state index in [9.17, 15) is 4.79 Å². The van der Waals surface area contributed by atoms with Crippen LogP contribution in [0.5, 0.6) is 0 Å². The second-order valence-corrected chi connectivity index (χ2v) is 5.55. The summed E-state index contributed by atoms with van der Waals surface area (Å²) in [6, 6.07) is 1.70. The second-order valence-electron chi connectivity index (χ2n) is 5.55. The van der Waals surface area contributed by atoms with Crippen LogP contribution in [-0.2, 0) is 0 Å². The molecule has 0 aromatic carbocycles. The Kier molecular flexibility index (Phi) is 3.15. The lowest BCUT2D eigenvalue weighted by Gasteiger charge is -2.28. The molecule has 2 rings (SSSR count). The molecule has 1 saturated carbocycles. The monoisotopic (exact) mass is 249 g/mol. The van der Waals surface area contributed by atoms with E-state index in [-0.39, 0.29) is 17.0 Å². The first kappa shape index (κ1) is 12.7. The highest BCUT2D eigenvalue weighted by molar-refractivity contribution is 5.94. The van der Waals surface area contributed by atoms with Crippen LogP contribution < -0.4 is 11.1 Å². The number of nitrogens with one attached hydrogen (secondary N) is 1. The van der Waals surface area contributed by atoms with Crippen molar-refractivity contribution < 1.29 is 9.90 Å². The molecule has 0 bridgehead atoms. The highest BCUT2D eigenvalue weighted by Gasteiger charge is 2.35. The van der Waals surface area contributed by atoms with Crippen molar-refractivity contribution in [1.82, 2.24) is 4.98 Å². The van der Waals surface area contributed by atoms with Gasteiger partial charge in [-0.1, -0.05) is 20.3 Å². The summed E-state index contributed by atoms with van der Waals surface area (Å²) >= 11 is 0. The average molecular weight is 249 g/mol. The Morgan fingerprint density at radius 3 is 2.89 bits per heavy atom. The van der Waals surface area contributed by atoms with Crippen LogP contribution in [0.1, 0.15) is 43.5 Å². The molecule has 1 aromatic heterocycles. The molecule has 5 nitrogen and oxygen atoms in total. The summed E-state index contributed by atoms with van der Waals surface area (Å²) in [6.45, 7) is 4.38. The summed E-state index contributed by atoms with van der Waals surface area (Å²) in [5.74, 6) is -0.593. The number of carboxylic acid groups (broad SMARTS) is 1. The number of carboxylic acids is 1. The molecule has 4 N–H and O–H groups in total. The molecule has 0 radical (unpaired) electrons. The Morgan fingerprint density at radius 1 is 1.61 bits per heavy atom. The number of hydrogen-bond donors (Lipinski definition) is 3. The van der Waals surface area contributed by atoms with Crippen molar-refractivity contribution in [2.75, 3.05) is 11.1 Å². The summed E-state index contributed by atoms with van der Waals surface area (Å²) in [5.41, 5.74) is 6.24. The van der Waals surface area contributed by atoms with Crippen LogP contribution in [0, 0.1) is 5.41 Å². The maximum absolute atomic E-state index is 11.2. The fourth-order valence-corrected chi connectivity index (χ4v) is 2.52. The lowest BCUT2D eigenvalue weighted by Crippen LogP contribution is -2.31. The maximum atomic E-state index is 11.2. The number of anilines is 2. The maximum Gasteiger partial charge on any atom is 0.339 e. The molecule has 1 atom stereocenters. The summed E-state index contributed by atoms with van der Waals surface area (Å²) in [7, 11) is 0. The van der Waals surface area contributed by atoms with E-state index in [0.29, 0.717) is 11.5 Å². The van der Waals surface area contributed by atoms with Crippen LogP contribution >= 0.6 is 0 Å². The van der Waals surface area contributed by atoms with Crippen LogP contribution in [0.2, 0.25) is 0 Å². The zero-order chi connectivity index (χ0) is 13.3. The topological polar surface area (TPSA) is 88.2 Å². The molecule has 1 unspecified atom stereocenters. The van der Waals surface area contributed by atoms with Gasteiger partial charge in [0.2, 0.25) is 0 Å². The van der Waals surface area contributed by atoms with E-state index in [1.165, 1.54) is 12.3 Å². The standard InChI is InChI=1S/C13H19N3O2/c1-13(2)5-3-4-10(13)16-11-9(12(17)18)6-8(14)7-15-11/h6-7,10H,3-5,14H2,1-2H3,(H,15,16)(H,17,18). The van der Waals surface area contributed by atoms with E-state index in [1.807, 2.05) is 0 Å². The molecule has 1 heterocycles. The number of nitrogens with zero attached hydrogens (tertiary/aromatic N) is 1. The molecule has 18 heavy (non-hydrogen) atoms. The fourth-order valence-electron chi connectivity index (χ4n) is 2.52. The van der Waals surface area contributed by atoms with E-state index in [2.05, 4.69) is 24.1 Å². The van der Waals surface area contributed by atoms with Gasteiger partial charge in [0.25, 0.3) is 0 Å². The molecule has 0 amide bonds. The minimum atomic E-state index is -1.01. The third kappa shape index (κ3) is 2.39. The van der Waals surface area contributed by atoms with Crippen molar-refractivity contribution in [2.45, 2.75) is 39.2 Å². The summed E-state index contributed by atoms with van der Waals surface area (Å²) in [4.78, 5) is 15.3. The van der Waals surface area contributed by atoms with Crippen LogP contribution in [0.3, 0.4) is 0 Å². The Balaban J connectivity index is 2.26. The first-order valence-corrected chi connectivity index (χ1v) is 6.15. The Morgan fingerprint density at radius 2 is 2.33 bits per heavy atom. The van der Waals surface area contributed by atoms with Crippen LogP contribution in [0.25, 0.3) is 0 Å². The lowest BCUT2D eigenvalue weighted by molar-refractivity contribution is 0.0697. The normalized spacial score (nSPS) is 21.8. The van der Waals surface area contributed by atoms with Gasteiger partial charge in [-0.15, -0.1) is 0 Å². The van der Waals surface area contributed by atoms with Crippen LogP contribution in [0.15, 0.2) is 12.3 Å². The van der Waals surface area contributed by atoms with Crippen LogP contribution in [0.4, 0.5) is 11.5 Å². The molecule has 1 aliphatic rings. The molecular weight excluding hydrogens is 230 g/mol. The van der Waals surface area contributed by atoms with E-state index < -0.39 is 5.97 Å².